The Kier molecular flexibility index (Phi) is 3.99. The van der Waals surface area contributed by atoms with Crippen molar-refractivity contribution in [3.8, 4) is 0 Å². The molecule has 1 aromatic carbocycles. The smallest absolute Gasteiger partial charge is 0.127 e. The number of hydrogen-bond acceptors (Lipinski definition) is 2. The van der Waals surface area contributed by atoms with Gasteiger partial charge in [-0.15, -0.1) is 0 Å². The summed E-state index contributed by atoms with van der Waals surface area (Å²) in [7, 11) is 0. The third-order valence-electron chi connectivity index (χ3n) is 4.08. The molecule has 20 heavy (non-hydrogen) atoms. The van der Waals surface area contributed by atoms with E-state index < -0.39 is 0 Å². The fourth-order valence-corrected chi connectivity index (χ4v) is 3.40. The van der Waals surface area contributed by atoms with Gasteiger partial charge in [0.15, 0.2) is 0 Å². The molecule has 2 heterocycles. The van der Waals surface area contributed by atoms with Crippen LogP contribution < -0.4 is 5.32 Å². The number of hydrogen-bond donors (Lipinski definition) is 1. The van der Waals surface area contributed by atoms with Crippen LogP contribution in [0.5, 0.6) is 0 Å². The predicted octanol–water partition coefficient (Wildman–Crippen LogP) is 4.48. The van der Waals surface area contributed by atoms with Gasteiger partial charge in [-0.1, -0.05) is 30.5 Å². The lowest BCUT2D eigenvalue weighted by molar-refractivity contribution is 0.464. The van der Waals surface area contributed by atoms with E-state index in [1.807, 2.05) is 12.1 Å². The minimum Gasteiger partial charge on any atom is -0.323 e. The number of imidazole rings is 1. The molecule has 1 fully saturated rings. The average Bonchev–Trinajstić information content (AvgIpc) is 2.62. The van der Waals surface area contributed by atoms with Gasteiger partial charge in [-0.25, -0.2) is 4.98 Å². The van der Waals surface area contributed by atoms with Crippen molar-refractivity contribution in [1.29, 1.82) is 0 Å². The van der Waals surface area contributed by atoms with Gasteiger partial charge in [-0.3, -0.25) is 0 Å². The third-order valence-corrected chi connectivity index (χ3v) is 4.38. The summed E-state index contributed by atoms with van der Waals surface area (Å²) in [5.74, 6) is 1.14. The molecule has 3 nitrogen and oxygen atoms in total. The Balaban J connectivity index is 2.14. The molecule has 1 saturated heterocycles. The van der Waals surface area contributed by atoms with Crippen molar-refractivity contribution in [3.05, 3.63) is 29.0 Å². The van der Waals surface area contributed by atoms with E-state index in [1.54, 1.807) is 0 Å². The van der Waals surface area contributed by atoms with Crippen LogP contribution in [0.3, 0.4) is 0 Å². The Morgan fingerprint density at radius 2 is 2.15 bits per heavy atom. The standard InChI is InChI=1S/C16H22ClN3/c1-11(2)20-15-12(17)7-6-9-13(15)19-16(20)14-8-4-3-5-10-18-14/h6-7,9,11,14,18H,3-5,8,10H2,1-2H3. The van der Waals surface area contributed by atoms with Crippen LogP contribution in [-0.2, 0) is 0 Å². The Morgan fingerprint density at radius 1 is 1.30 bits per heavy atom. The SMILES string of the molecule is CC(C)n1c(C2CCCCCN2)nc2cccc(Cl)c21. The fourth-order valence-electron chi connectivity index (χ4n) is 3.14. The lowest BCUT2D eigenvalue weighted by Gasteiger charge is -2.20. The summed E-state index contributed by atoms with van der Waals surface area (Å²) in [5, 5.41) is 4.44. The molecule has 1 aliphatic rings. The van der Waals surface area contributed by atoms with E-state index in [-0.39, 0.29) is 0 Å². The topological polar surface area (TPSA) is 29.9 Å². The molecule has 0 aliphatic carbocycles. The molecular weight excluding hydrogens is 270 g/mol. The number of rotatable bonds is 2. The Morgan fingerprint density at radius 3 is 2.95 bits per heavy atom. The Hall–Kier alpha value is -1.06. The molecule has 1 atom stereocenters. The molecule has 1 N–H and O–H groups in total. The molecular formula is C16H22ClN3. The molecule has 4 heteroatoms. The van der Waals surface area contributed by atoms with E-state index in [9.17, 15) is 0 Å². The van der Waals surface area contributed by atoms with Crippen LogP contribution in [0.1, 0.15) is 57.4 Å². The number of fused-ring (bicyclic) bond motifs is 1. The predicted molar refractivity (Wildman–Crippen MR) is 84.3 cm³/mol. The first-order valence-corrected chi connectivity index (χ1v) is 7.96. The van der Waals surface area contributed by atoms with Crippen LogP contribution in [-0.4, -0.2) is 16.1 Å². The molecule has 3 rings (SSSR count). The fraction of sp³-hybridized carbons (Fsp3) is 0.562. The van der Waals surface area contributed by atoms with Gasteiger partial charge < -0.3 is 9.88 Å². The highest BCUT2D eigenvalue weighted by Crippen LogP contribution is 2.32. The van der Waals surface area contributed by atoms with Crippen molar-refractivity contribution in [3.63, 3.8) is 0 Å². The molecule has 0 spiro atoms. The van der Waals surface area contributed by atoms with E-state index in [0.29, 0.717) is 12.1 Å². The van der Waals surface area contributed by atoms with E-state index in [1.165, 1.54) is 19.3 Å². The van der Waals surface area contributed by atoms with Crippen molar-refractivity contribution >= 4 is 22.6 Å². The van der Waals surface area contributed by atoms with Gasteiger partial charge in [0.05, 0.1) is 22.1 Å². The average molecular weight is 292 g/mol. The maximum absolute atomic E-state index is 6.41. The van der Waals surface area contributed by atoms with Crippen LogP contribution >= 0.6 is 11.6 Å². The first kappa shape index (κ1) is 13.9. The Bertz CT molecular complexity index is 595. The summed E-state index contributed by atoms with van der Waals surface area (Å²) in [4.78, 5) is 4.88. The summed E-state index contributed by atoms with van der Waals surface area (Å²) in [5.41, 5.74) is 2.08. The number of nitrogens with one attached hydrogen (secondary N) is 1. The van der Waals surface area contributed by atoms with Gasteiger partial charge >= 0.3 is 0 Å². The zero-order chi connectivity index (χ0) is 14.1. The lowest BCUT2D eigenvalue weighted by atomic mass is 10.1. The van der Waals surface area contributed by atoms with Gasteiger partial charge in [0.25, 0.3) is 0 Å². The number of halogens is 1. The lowest BCUT2D eigenvalue weighted by Crippen LogP contribution is -2.24. The van der Waals surface area contributed by atoms with Gasteiger partial charge in [0.2, 0.25) is 0 Å². The number of benzene rings is 1. The van der Waals surface area contributed by atoms with Gasteiger partial charge in [-0.05, 0) is 45.4 Å². The van der Waals surface area contributed by atoms with Crippen molar-refractivity contribution in [2.45, 2.75) is 51.6 Å². The largest absolute Gasteiger partial charge is 0.323 e. The zero-order valence-electron chi connectivity index (χ0n) is 12.2. The highest BCUT2D eigenvalue weighted by Gasteiger charge is 2.23. The second-order valence-corrected chi connectivity index (χ2v) is 6.30. The van der Waals surface area contributed by atoms with Crippen molar-refractivity contribution in [2.75, 3.05) is 6.54 Å². The molecule has 0 bridgehead atoms. The van der Waals surface area contributed by atoms with E-state index in [4.69, 9.17) is 16.6 Å². The number of aromatic nitrogens is 2. The molecule has 1 aliphatic heterocycles. The van der Waals surface area contributed by atoms with Crippen LogP contribution in [0.2, 0.25) is 5.02 Å². The molecule has 0 amide bonds. The van der Waals surface area contributed by atoms with Crippen LogP contribution in [0.15, 0.2) is 18.2 Å². The molecule has 2 aromatic rings. The summed E-state index contributed by atoms with van der Waals surface area (Å²) in [6.07, 6.45) is 5.01. The maximum Gasteiger partial charge on any atom is 0.127 e. The molecule has 0 radical (unpaired) electrons. The number of para-hydroxylation sites is 1. The zero-order valence-corrected chi connectivity index (χ0v) is 13.0. The maximum atomic E-state index is 6.41. The highest BCUT2D eigenvalue weighted by molar-refractivity contribution is 6.35. The minimum atomic E-state index is 0.350. The molecule has 1 aromatic heterocycles. The Labute approximate surface area is 125 Å². The quantitative estimate of drug-likeness (QED) is 0.884. The summed E-state index contributed by atoms with van der Waals surface area (Å²) >= 11 is 6.41. The first-order chi connectivity index (χ1) is 9.68. The first-order valence-electron chi connectivity index (χ1n) is 7.58. The second-order valence-electron chi connectivity index (χ2n) is 5.90. The minimum absolute atomic E-state index is 0.350. The molecule has 1 unspecified atom stereocenters. The van der Waals surface area contributed by atoms with Crippen molar-refractivity contribution in [2.24, 2.45) is 0 Å². The third kappa shape index (κ3) is 2.45. The van der Waals surface area contributed by atoms with Crippen LogP contribution in [0.25, 0.3) is 11.0 Å². The van der Waals surface area contributed by atoms with E-state index >= 15 is 0 Å². The monoisotopic (exact) mass is 291 g/mol. The van der Waals surface area contributed by atoms with Gasteiger partial charge in [0.1, 0.15) is 5.82 Å². The number of nitrogens with zero attached hydrogens (tertiary/aromatic N) is 2. The summed E-state index contributed by atoms with van der Waals surface area (Å²) in [6, 6.07) is 6.70. The normalized spacial score (nSPS) is 20.5. The van der Waals surface area contributed by atoms with Gasteiger partial charge in [-0.2, -0.15) is 0 Å². The second kappa shape index (κ2) is 5.74. The van der Waals surface area contributed by atoms with Crippen molar-refractivity contribution in [1.82, 2.24) is 14.9 Å². The molecule has 108 valence electrons. The molecule has 0 saturated carbocycles. The van der Waals surface area contributed by atoms with Crippen molar-refractivity contribution < 1.29 is 0 Å². The highest BCUT2D eigenvalue weighted by atomic mass is 35.5. The van der Waals surface area contributed by atoms with E-state index in [0.717, 1.165) is 34.8 Å². The van der Waals surface area contributed by atoms with Crippen LogP contribution in [0.4, 0.5) is 0 Å². The van der Waals surface area contributed by atoms with Gasteiger partial charge in [0, 0.05) is 6.04 Å². The van der Waals surface area contributed by atoms with Crippen LogP contribution in [0, 0.1) is 0 Å². The summed E-state index contributed by atoms with van der Waals surface area (Å²) < 4.78 is 2.31. The summed E-state index contributed by atoms with van der Waals surface area (Å²) in [6.45, 7) is 5.48. The van der Waals surface area contributed by atoms with E-state index in [2.05, 4.69) is 29.8 Å².